The molecule has 1 amide bonds. The molecule has 4 aromatic rings. The molecule has 3 aromatic heterocycles. The molecule has 0 unspecified atom stereocenters. The zero-order chi connectivity index (χ0) is 25.4. The summed E-state index contributed by atoms with van der Waals surface area (Å²) in [6, 6.07) is 9.63. The van der Waals surface area contributed by atoms with Gasteiger partial charge in [-0.25, -0.2) is 14.8 Å². The molecule has 1 saturated carbocycles. The van der Waals surface area contributed by atoms with Gasteiger partial charge < -0.3 is 19.7 Å². The van der Waals surface area contributed by atoms with Gasteiger partial charge in [0.25, 0.3) is 6.01 Å². The predicted octanol–water partition coefficient (Wildman–Crippen LogP) is 5.13. The third-order valence-corrected chi connectivity index (χ3v) is 7.46. The van der Waals surface area contributed by atoms with Crippen molar-refractivity contribution in [3.8, 4) is 27.8 Å². The van der Waals surface area contributed by atoms with Gasteiger partial charge >= 0.3 is 5.97 Å². The summed E-state index contributed by atoms with van der Waals surface area (Å²) >= 11 is 7.82. The largest absolute Gasteiger partial charge is 0.476 e. The van der Waals surface area contributed by atoms with Gasteiger partial charge in [-0.05, 0) is 31.7 Å². The lowest BCUT2D eigenvalue weighted by molar-refractivity contribution is -0.134. The number of aromatic nitrogens is 4. The van der Waals surface area contributed by atoms with Crippen molar-refractivity contribution in [3.63, 3.8) is 0 Å². The van der Waals surface area contributed by atoms with Crippen molar-refractivity contribution in [2.75, 3.05) is 14.1 Å². The Kier molecular flexibility index (Phi) is 6.63. The van der Waals surface area contributed by atoms with E-state index in [0.29, 0.717) is 32.9 Å². The first kappa shape index (κ1) is 24.2. The van der Waals surface area contributed by atoms with E-state index in [1.165, 1.54) is 16.7 Å². The van der Waals surface area contributed by atoms with Crippen LogP contribution in [0.25, 0.3) is 33.0 Å². The Hall–Kier alpha value is -3.50. The number of pyridine rings is 1. The van der Waals surface area contributed by atoms with Crippen LogP contribution in [0.1, 0.15) is 36.2 Å². The third kappa shape index (κ3) is 4.91. The number of H-pyrrole nitrogens is 1. The molecule has 5 rings (SSSR count). The first-order valence-electron chi connectivity index (χ1n) is 11.5. The Morgan fingerprint density at radius 1 is 1.08 bits per heavy atom. The van der Waals surface area contributed by atoms with Gasteiger partial charge in [-0.1, -0.05) is 35.9 Å². The molecule has 0 spiro atoms. The van der Waals surface area contributed by atoms with Crippen LogP contribution in [-0.4, -0.2) is 62.0 Å². The second kappa shape index (κ2) is 9.87. The van der Waals surface area contributed by atoms with E-state index in [1.54, 1.807) is 25.1 Å². The minimum atomic E-state index is -1.05. The number of thiazole rings is 1. The summed E-state index contributed by atoms with van der Waals surface area (Å²) in [6.07, 6.45) is 3.17. The van der Waals surface area contributed by atoms with Gasteiger partial charge in [0.05, 0.1) is 16.2 Å². The standard InChI is InChI=1S/C25H24ClN5O4S/c1-31(2)23(32)15-7-9-16(10-8-15)35-25-28-18-11-17(26)20(29-21(18)30-25)13-3-5-14(6-4-13)22-27-19(12-36-22)24(33)34/h3-6,11-12,15-16H,7-10H2,1-2H3,(H,33,34)(H,28,29,30)/t15-,16-. The summed E-state index contributed by atoms with van der Waals surface area (Å²) in [5.41, 5.74) is 3.40. The number of carboxylic acid groups (broad SMARTS) is 1. The Morgan fingerprint density at radius 2 is 1.78 bits per heavy atom. The number of carbonyl (C=O) groups is 2. The summed E-state index contributed by atoms with van der Waals surface area (Å²) in [6.45, 7) is 0. The highest BCUT2D eigenvalue weighted by atomic mass is 35.5. The van der Waals surface area contributed by atoms with Gasteiger partial charge in [0.1, 0.15) is 11.1 Å². The Morgan fingerprint density at radius 3 is 2.42 bits per heavy atom. The number of aromatic carboxylic acids is 1. The highest BCUT2D eigenvalue weighted by Crippen LogP contribution is 2.33. The SMILES string of the molecule is CN(C)C(=O)[C@H]1CC[C@H](Oc2nc3nc(-c4ccc(-c5nc(C(=O)O)cs5)cc4)c(Cl)cc3[nH]2)CC1. The Balaban J connectivity index is 1.30. The molecular formula is C25H24ClN5O4S. The number of nitrogens with one attached hydrogen (secondary N) is 1. The molecule has 0 aliphatic heterocycles. The first-order valence-corrected chi connectivity index (χ1v) is 12.8. The van der Waals surface area contributed by atoms with E-state index in [2.05, 4.69) is 19.9 Å². The molecule has 186 valence electrons. The van der Waals surface area contributed by atoms with E-state index >= 15 is 0 Å². The molecule has 2 N–H and O–H groups in total. The van der Waals surface area contributed by atoms with Crippen LogP contribution in [0.3, 0.4) is 0 Å². The first-order chi connectivity index (χ1) is 17.3. The Labute approximate surface area is 216 Å². The van der Waals surface area contributed by atoms with Crippen molar-refractivity contribution in [2.45, 2.75) is 31.8 Å². The summed E-state index contributed by atoms with van der Waals surface area (Å²) in [4.78, 5) is 41.4. The van der Waals surface area contributed by atoms with E-state index in [-0.39, 0.29) is 23.6 Å². The summed E-state index contributed by atoms with van der Waals surface area (Å²) in [5, 5.41) is 11.7. The molecular weight excluding hydrogens is 502 g/mol. The molecule has 1 aliphatic rings. The number of carboxylic acids is 1. The maximum absolute atomic E-state index is 12.2. The van der Waals surface area contributed by atoms with Crippen molar-refractivity contribution in [1.29, 1.82) is 0 Å². The maximum atomic E-state index is 12.2. The molecule has 0 bridgehead atoms. The van der Waals surface area contributed by atoms with E-state index < -0.39 is 5.97 Å². The molecule has 11 heteroatoms. The van der Waals surface area contributed by atoms with E-state index in [1.807, 2.05) is 24.3 Å². The number of imidazole rings is 1. The number of hydrogen-bond donors (Lipinski definition) is 2. The lowest BCUT2D eigenvalue weighted by atomic mass is 9.86. The number of carbonyl (C=O) groups excluding carboxylic acids is 1. The number of benzene rings is 1. The molecule has 1 fully saturated rings. The molecule has 0 radical (unpaired) electrons. The van der Waals surface area contributed by atoms with E-state index in [4.69, 9.17) is 21.4 Å². The average Bonchev–Trinajstić information content (AvgIpc) is 3.51. The van der Waals surface area contributed by atoms with Crippen LogP contribution in [0.5, 0.6) is 6.01 Å². The molecule has 1 aromatic carbocycles. The number of amides is 1. The van der Waals surface area contributed by atoms with Crippen LogP contribution < -0.4 is 4.74 Å². The molecule has 0 atom stereocenters. The van der Waals surface area contributed by atoms with Crippen LogP contribution in [0.4, 0.5) is 0 Å². The molecule has 1 aliphatic carbocycles. The number of rotatable bonds is 6. The molecule has 9 nitrogen and oxygen atoms in total. The fourth-order valence-electron chi connectivity index (χ4n) is 4.38. The van der Waals surface area contributed by atoms with Crippen molar-refractivity contribution in [2.24, 2.45) is 5.92 Å². The van der Waals surface area contributed by atoms with Crippen molar-refractivity contribution in [1.82, 2.24) is 24.8 Å². The number of halogens is 1. The summed E-state index contributed by atoms with van der Waals surface area (Å²) in [7, 11) is 3.58. The Bertz CT molecular complexity index is 1420. The number of hydrogen-bond acceptors (Lipinski definition) is 7. The fraction of sp³-hybridized carbons (Fsp3) is 0.320. The summed E-state index contributed by atoms with van der Waals surface area (Å²) < 4.78 is 6.08. The predicted molar refractivity (Wildman–Crippen MR) is 137 cm³/mol. The zero-order valence-electron chi connectivity index (χ0n) is 19.7. The normalized spacial score (nSPS) is 17.8. The van der Waals surface area contributed by atoms with Crippen LogP contribution in [0, 0.1) is 5.92 Å². The van der Waals surface area contributed by atoms with Gasteiger partial charge in [0, 0.05) is 36.5 Å². The number of nitrogens with zero attached hydrogens (tertiary/aromatic N) is 4. The van der Waals surface area contributed by atoms with Crippen molar-refractivity contribution < 1.29 is 19.4 Å². The minimum Gasteiger partial charge on any atom is -0.476 e. The second-order valence-corrected chi connectivity index (χ2v) is 10.2. The quantitative estimate of drug-likeness (QED) is 0.358. The third-order valence-electron chi connectivity index (χ3n) is 6.28. The zero-order valence-corrected chi connectivity index (χ0v) is 21.3. The molecule has 3 heterocycles. The van der Waals surface area contributed by atoms with E-state index in [9.17, 15) is 9.59 Å². The average molecular weight is 526 g/mol. The van der Waals surface area contributed by atoms with Crippen LogP contribution >= 0.6 is 22.9 Å². The smallest absolute Gasteiger partial charge is 0.355 e. The van der Waals surface area contributed by atoms with E-state index in [0.717, 1.165) is 36.8 Å². The molecule has 36 heavy (non-hydrogen) atoms. The highest BCUT2D eigenvalue weighted by molar-refractivity contribution is 7.13. The van der Waals surface area contributed by atoms with Gasteiger partial charge in [-0.2, -0.15) is 4.98 Å². The van der Waals surface area contributed by atoms with Crippen LogP contribution in [-0.2, 0) is 4.79 Å². The van der Waals surface area contributed by atoms with Crippen LogP contribution in [0.2, 0.25) is 5.02 Å². The van der Waals surface area contributed by atoms with Crippen molar-refractivity contribution in [3.05, 3.63) is 46.4 Å². The fourth-order valence-corrected chi connectivity index (χ4v) is 5.44. The van der Waals surface area contributed by atoms with Gasteiger partial charge in [-0.15, -0.1) is 11.3 Å². The maximum Gasteiger partial charge on any atom is 0.355 e. The number of aromatic amines is 1. The highest BCUT2D eigenvalue weighted by Gasteiger charge is 2.28. The summed E-state index contributed by atoms with van der Waals surface area (Å²) in [5.74, 6) is -0.819. The number of ether oxygens (including phenoxy) is 1. The van der Waals surface area contributed by atoms with Gasteiger partial charge in [0.15, 0.2) is 11.3 Å². The monoisotopic (exact) mass is 525 g/mol. The topological polar surface area (TPSA) is 121 Å². The molecule has 0 saturated heterocycles. The second-order valence-electron chi connectivity index (χ2n) is 8.98. The van der Waals surface area contributed by atoms with Crippen LogP contribution in [0.15, 0.2) is 35.7 Å². The lowest BCUT2D eigenvalue weighted by Gasteiger charge is -2.28. The van der Waals surface area contributed by atoms with Crippen molar-refractivity contribution >= 4 is 46.0 Å². The lowest BCUT2D eigenvalue weighted by Crippen LogP contribution is -2.34. The van der Waals surface area contributed by atoms with Gasteiger partial charge in [0.2, 0.25) is 5.91 Å². The number of fused-ring (bicyclic) bond motifs is 1. The van der Waals surface area contributed by atoms with Gasteiger partial charge in [-0.3, -0.25) is 4.79 Å². The minimum absolute atomic E-state index is 0.00762.